The van der Waals surface area contributed by atoms with Gasteiger partial charge in [-0.2, -0.15) is 0 Å². The van der Waals surface area contributed by atoms with Crippen LogP contribution < -0.4 is 5.32 Å². The quantitative estimate of drug-likeness (QED) is 0.344. The Morgan fingerprint density at radius 2 is 2.03 bits per heavy atom. The Morgan fingerprint density at radius 3 is 2.72 bits per heavy atom. The lowest BCUT2D eigenvalue weighted by Crippen LogP contribution is -2.23. The number of benzene rings is 1. The third-order valence-corrected chi connectivity index (χ3v) is 6.62. The Bertz CT molecular complexity index is 1030. The highest BCUT2D eigenvalue weighted by molar-refractivity contribution is 8.00. The SMILES string of the molecule is CC(Sc1nnc(C2CC2)n1Cc1ccco1)C(=O)Nc1cc(Cl)c(Cl)cc1Cl. The van der Waals surface area contributed by atoms with Gasteiger partial charge >= 0.3 is 0 Å². The Balaban J connectivity index is 1.50. The number of amides is 1. The van der Waals surface area contributed by atoms with Crippen LogP contribution in [0.15, 0.2) is 40.1 Å². The van der Waals surface area contributed by atoms with Crippen molar-refractivity contribution >= 4 is 58.2 Å². The van der Waals surface area contributed by atoms with E-state index in [0.29, 0.717) is 38.4 Å². The summed E-state index contributed by atoms with van der Waals surface area (Å²) in [7, 11) is 0. The summed E-state index contributed by atoms with van der Waals surface area (Å²) in [4.78, 5) is 12.7. The van der Waals surface area contributed by atoms with Gasteiger partial charge in [-0.05, 0) is 44.0 Å². The third-order valence-electron chi connectivity index (χ3n) is 4.50. The Hall–Kier alpha value is -1.67. The van der Waals surface area contributed by atoms with Crippen LogP contribution in [0, 0.1) is 0 Å². The van der Waals surface area contributed by atoms with Gasteiger partial charge in [0.15, 0.2) is 5.16 Å². The van der Waals surface area contributed by atoms with Crippen molar-refractivity contribution in [2.75, 3.05) is 5.32 Å². The first kappa shape index (κ1) is 20.6. The normalized spacial score (nSPS) is 14.8. The van der Waals surface area contributed by atoms with Crippen LogP contribution in [-0.2, 0) is 11.3 Å². The van der Waals surface area contributed by atoms with Crippen molar-refractivity contribution in [3.8, 4) is 0 Å². The maximum Gasteiger partial charge on any atom is 0.237 e. The van der Waals surface area contributed by atoms with Crippen LogP contribution in [0.4, 0.5) is 5.69 Å². The number of carbonyl (C=O) groups is 1. The maximum atomic E-state index is 12.7. The second kappa shape index (κ2) is 8.60. The molecular formula is C19H17Cl3N4O2S. The zero-order chi connectivity index (χ0) is 20.5. The van der Waals surface area contributed by atoms with Gasteiger partial charge in [0.05, 0.1) is 38.8 Å². The second-order valence-electron chi connectivity index (χ2n) is 6.78. The van der Waals surface area contributed by atoms with E-state index in [2.05, 4.69) is 15.5 Å². The highest BCUT2D eigenvalue weighted by atomic mass is 35.5. The lowest BCUT2D eigenvalue weighted by molar-refractivity contribution is -0.115. The number of nitrogens with zero attached hydrogens (tertiary/aromatic N) is 3. The summed E-state index contributed by atoms with van der Waals surface area (Å²) in [6, 6.07) is 6.79. The first-order chi connectivity index (χ1) is 13.9. The summed E-state index contributed by atoms with van der Waals surface area (Å²) in [5.41, 5.74) is 0.411. The molecule has 1 atom stereocenters. The van der Waals surface area contributed by atoms with Gasteiger partial charge in [0.25, 0.3) is 0 Å². The van der Waals surface area contributed by atoms with E-state index < -0.39 is 5.25 Å². The van der Waals surface area contributed by atoms with E-state index in [0.717, 1.165) is 24.4 Å². The van der Waals surface area contributed by atoms with Crippen molar-refractivity contribution < 1.29 is 9.21 Å². The molecule has 0 aliphatic heterocycles. The molecule has 1 saturated carbocycles. The summed E-state index contributed by atoms with van der Waals surface area (Å²) < 4.78 is 7.50. The highest BCUT2D eigenvalue weighted by Gasteiger charge is 2.31. The van der Waals surface area contributed by atoms with E-state index >= 15 is 0 Å². The molecule has 152 valence electrons. The van der Waals surface area contributed by atoms with E-state index in [4.69, 9.17) is 39.2 Å². The van der Waals surface area contributed by atoms with Gasteiger partial charge in [-0.15, -0.1) is 10.2 Å². The molecule has 10 heteroatoms. The molecule has 1 aliphatic carbocycles. The number of hydrogen-bond donors (Lipinski definition) is 1. The van der Waals surface area contributed by atoms with Crippen molar-refractivity contribution in [1.82, 2.24) is 14.8 Å². The number of rotatable bonds is 7. The van der Waals surface area contributed by atoms with Crippen molar-refractivity contribution in [1.29, 1.82) is 0 Å². The number of anilines is 1. The van der Waals surface area contributed by atoms with Gasteiger partial charge in [0.2, 0.25) is 5.91 Å². The maximum absolute atomic E-state index is 12.7. The van der Waals surface area contributed by atoms with Crippen LogP contribution in [0.1, 0.15) is 37.3 Å². The highest BCUT2D eigenvalue weighted by Crippen LogP contribution is 2.40. The molecule has 0 bridgehead atoms. The Kier molecular flexibility index (Phi) is 6.11. The van der Waals surface area contributed by atoms with Crippen molar-refractivity contribution in [2.45, 2.75) is 42.6 Å². The van der Waals surface area contributed by atoms with Crippen molar-refractivity contribution in [3.05, 3.63) is 57.2 Å². The molecule has 1 aliphatic rings. The van der Waals surface area contributed by atoms with Crippen LogP contribution in [0.25, 0.3) is 0 Å². The fourth-order valence-electron chi connectivity index (χ4n) is 2.80. The molecule has 0 spiro atoms. The van der Waals surface area contributed by atoms with Crippen LogP contribution in [-0.4, -0.2) is 25.9 Å². The average molecular weight is 472 g/mol. The van der Waals surface area contributed by atoms with Crippen LogP contribution >= 0.6 is 46.6 Å². The smallest absolute Gasteiger partial charge is 0.237 e. The zero-order valence-electron chi connectivity index (χ0n) is 15.4. The van der Waals surface area contributed by atoms with E-state index in [-0.39, 0.29) is 5.91 Å². The van der Waals surface area contributed by atoms with Crippen LogP contribution in [0.5, 0.6) is 0 Å². The van der Waals surface area contributed by atoms with Crippen LogP contribution in [0.2, 0.25) is 15.1 Å². The molecule has 1 amide bonds. The number of hydrogen-bond acceptors (Lipinski definition) is 5. The molecule has 2 aromatic heterocycles. The lowest BCUT2D eigenvalue weighted by Gasteiger charge is -2.14. The largest absolute Gasteiger partial charge is 0.467 e. The number of halogens is 3. The van der Waals surface area contributed by atoms with E-state index in [1.165, 1.54) is 23.9 Å². The minimum absolute atomic E-state index is 0.226. The number of thioether (sulfide) groups is 1. The standard InChI is InChI=1S/C19H17Cl3N4O2S/c1-10(18(27)23-16-8-14(21)13(20)7-15(16)22)29-19-25-24-17(11-4-5-11)26(19)9-12-3-2-6-28-12/h2-3,6-8,10-11H,4-5,9H2,1H3,(H,23,27). The number of aromatic nitrogens is 3. The molecule has 29 heavy (non-hydrogen) atoms. The number of carbonyl (C=O) groups excluding carboxylic acids is 1. The fraction of sp³-hybridized carbons (Fsp3) is 0.316. The molecule has 1 N–H and O–H groups in total. The van der Waals surface area contributed by atoms with Gasteiger partial charge in [-0.1, -0.05) is 46.6 Å². The molecule has 3 aromatic rings. The van der Waals surface area contributed by atoms with E-state index in [9.17, 15) is 4.79 Å². The molecule has 4 rings (SSSR count). The predicted molar refractivity (Wildman–Crippen MR) is 115 cm³/mol. The summed E-state index contributed by atoms with van der Waals surface area (Å²) >= 11 is 19.5. The van der Waals surface area contributed by atoms with Gasteiger partial charge in [-0.3, -0.25) is 9.36 Å². The molecule has 2 heterocycles. The number of nitrogens with one attached hydrogen (secondary N) is 1. The summed E-state index contributed by atoms with van der Waals surface area (Å²) in [5, 5.41) is 12.7. The third kappa shape index (κ3) is 4.74. The lowest BCUT2D eigenvalue weighted by atomic mass is 10.3. The minimum atomic E-state index is -0.438. The Labute approximate surface area is 186 Å². The minimum Gasteiger partial charge on any atom is -0.467 e. The monoisotopic (exact) mass is 470 g/mol. The molecule has 0 saturated heterocycles. The van der Waals surface area contributed by atoms with Crippen LogP contribution in [0.3, 0.4) is 0 Å². The molecular weight excluding hydrogens is 455 g/mol. The summed E-state index contributed by atoms with van der Waals surface area (Å²) in [6.07, 6.45) is 3.85. The zero-order valence-corrected chi connectivity index (χ0v) is 18.4. The van der Waals surface area contributed by atoms with E-state index in [1.807, 2.05) is 16.7 Å². The first-order valence-corrected chi connectivity index (χ1v) is 11.0. The first-order valence-electron chi connectivity index (χ1n) is 9.00. The molecule has 1 aromatic carbocycles. The van der Waals surface area contributed by atoms with Gasteiger partial charge in [-0.25, -0.2) is 0 Å². The Morgan fingerprint density at radius 1 is 1.28 bits per heavy atom. The predicted octanol–water partition coefficient (Wildman–Crippen LogP) is 5.88. The van der Waals surface area contributed by atoms with E-state index in [1.54, 1.807) is 13.2 Å². The van der Waals surface area contributed by atoms with Gasteiger partial charge in [0.1, 0.15) is 11.6 Å². The molecule has 0 radical (unpaired) electrons. The van der Waals surface area contributed by atoms with Gasteiger partial charge < -0.3 is 9.73 Å². The second-order valence-corrected chi connectivity index (χ2v) is 9.31. The summed E-state index contributed by atoms with van der Waals surface area (Å²) in [6.45, 7) is 2.33. The average Bonchev–Trinajstić information content (AvgIpc) is 3.25. The molecule has 1 fully saturated rings. The van der Waals surface area contributed by atoms with Gasteiger partial charge in [0, 0.05) is 5.92 Å². The molecule has 1 unspecified atom stereocenters. The summed E-state index contributed by atoms with van der Waals surface area (Å²) in [5.74, 6) is 1.94. The fourth-order valence-corrected chi connectivity index (χ4v) is 4.25. The van der Waals surface area contributed by atoms with Crippen molar-refractivity contribution in [2.24, 2.45) is 0 Å². The number of furan rings is 1. The topological polar surface area (TPSA) is 73.0 Å². The molecule has 6 nitrogen and oxygen atoms in total. The van der Waals surface area contributed by atoms with Crippen molar-refractivity contribution in [3.63, 3.8) is 0 Å².